The van der Waals surface area contributed by atoms with Crippen molar-refractivity contribution in [1.82, 2.24) is 19.9 Å². The number of benzene rings is 1. The van der Waals surface area contributed by atoms with Crippen LogP contribution in [0.25, 0.3) is 11.3 Å². The third-order valence-electron chi connectivity index (χ3n) is 4.48. The van der Waals surface area contributed by atoms with E-state index in [-0.39, 0.29) is 0 Å². The number of anilines is 3. The van der Waals surface area contributed by atoms with E-state index in [1.54, 1.807) is 12.4 Å². The molecular formula is C21H26N6O. The molecule has 146 valence electrons. The highest BCUT2D eigenvalue weighted by atomic mass is 16.5. The third kappa shape index (κ3) is 5.17. The molecule has 3 aromatic rings. The molecule has 0 radical (unpaired) electrons. The molecule has 0 saturated heterocycles. The zero-order valence-corrected chi connectivity index (χ0v) is 16.3. The normalized spacial score (nSPS) is 10.8. The largest absolute Gasteiger partial charge is 0.492 e. The first-order valence-corrected chi connectivity index (χ1v) is 9.43. The van der Waals surface area contributed by atoms with Gasteiger partial charge >= 0.3 is 0 Å². The standard InChI is InChI=1S/C21H26N6O/c1-3-27(4-2)10-11-28-17-7-8-19(18(22)12-17)26-21-13-20(24-15-25-21)16-6-5-9-23-14-16/h5-9,12-15H,3-4,10-11,22H2,1-2H3,(H,24,25,26). The van der Waals surface area contributed by atoms with Crippen LogP contribution in [0, 0.1) is 0 Å². The number of likely N-dealkylation sites (N-methyl/N-ethyl adjacent to an activating group) is 1. The van der Waals surface area contributed by atoms with E-state index in [0.717, 1.165) is 42.3 Å². The van der Waals surface area contributed by atoms with E-state index in [4.69, 9.17) is 10.5 Å². The highest BCUT2D eigenvalue weighted by molar-refractivity contribution is 5.74. The van der Waals surface area contributed by atoms with Crippen LogP contribution in [0.2, 0.25) is 0 Å². The smallest absolute Gasteiger partial charge is 0.134 e. The first kappa shape index (κ1) is 19.6. The van der Waals surface area contributed by atoms with Crippen LogP contribution in [0.3, 0.4) is 0 Å². The summed E-state index contributed by atoms with van der Waals surface area (Å²) in [5, 5.41) is 3.24. The minimum atomic E-state index is 0.599. The van der Waals surface area contributed by atoms with Gasteiger partial charge in [-0.3, -0.25) is 4.98 Å². The molecule has 0 saturated carbocycles. The lowest BCUT2D eigenvalue weighted by Crippen LogP contribution is -2.27. The summed E-state index contributed by atoms with van der Waals surface area (Å²) in [5.41, 5.74) is 9.29. The van der Waals surface area contributed by atoms with E-state index >= 15 is 0 Å². The quantitative estimate of drug-likeness (QED) is 0.550. The van der Waals surface area contributed by atoms with Crippen molar-refractivity contribution in [3.05, 3.63) is 55.1 Å². The van der Waals surface area contributed by atoms with Gasteiger partial charge in [0.1, 0.15) is 24.5 Å². The van der Waals surface area contributed by atoms with Crippen LogP contribution >= 0.6 is 0 Å². The van der Waals surface area contributed by atoms with Gasteiger partial charge in [-0.2, -0.15) is 0 Å². The van der Waals surface area contributed by atoms with Crippen molar-refractivity contribution in [3.8, 4) is 17.0 Å². The van der Waals surface area contributed by atoms with Gasteiger partial charge in [-0.15, -0.1) is 0 Å². The van der Waals surface area contributed by atoms with Gasteiger partial charge in [0, 0.05) is 36.6 Å². The number of nitrogens with two attached hydrogens (primary N) is 1. The Bertz CT molecular complexity index is 883. The van der Waals surface area contributed by atoms with Crippen LogP contribution in [0.1, 0.15) is 13.8 Å². The molecule has 7 heteroatoms. The van der Waals surface area contributed by atoms with Gasteiger partial charge in [0.15, 0.2) is 0 Å². The Balaban J connectivity index is 1.65. The zero-order chi connectivity index (χ0) is 19.8. The van der Waals surface area contributed by atoms with Crippen molar-refractivity contribution in [1.29, 1.82) is 0 Å². The van der Waals surface area contributed by atoms with Crippen LogP contribution in [-0.2, 0) is 0 Å². The van der Waals surface area contributed by atoms with E-state index in [1.807, 2.05) is 36.4 Å². The molecule has 3 rings (SSSR count). The molecule has 2 aromatic heterocycles. The zero-order valence-electron chi connectivity index (χ0n) is 16.3. The summed E-state index contributed by atoms with van der Waals surface area (Å²) in [6.45, 7) is 7.86. The molecule has 0 unspecified atom stereocenters. The molecule has 0 aliphatic carbocycles. The second-order valence-electron chi connectivity index (χ2n) is 6.28. The summed E-state index contributed by atoms with van der Waals surface area (Å²) >= 11 is 0. The summed E-state index contributed by atoms with van der Waals surface area (Å²) in [6, 6.07) is 11.3. The van der Waals surface area contributed by atoms with Crippen LogP contribution in [0.15, 0.2) is 55.1 Å². The molecule has 3 N–H and O–H groups in total. The van der Waals surface area contributed by atoms with E-state index < -0.39 is 0 Å². The minimum Gasteiger partial charge on any atom is -0.492 e. The number of ether oxygens (including phenoxy) is 1. The van der Waals surface area contributed by atoms with Gasteiger partial charge in [0.25, 0.3) is 0 Å². The maximum atomic E-state index is 6.20. The van der Waals surface area contributed by atoms with Crippen LogP contribution < -0.4 is 15.8 Å². The molecule has 2 heterocycles. The van der Waals surface area contributed by atoms with Gasteiger partial charge in [-0.1, -0.05) is 13.8 Å². The second-order valence-corrected chi connectivity index (χ2v) is 6.28. The second kappa shape index (κ2) is 9.66. The predicted molar refractivity (Wildman–Crippen MR) is 113 cm³/mol. The Morgan fingerprint density at radius 1 is 1.11 bits per heavy atom. The van der Waals surface area contributed by atoms with Gasteiger partial charge in [-0.25, -0.2) is 9.97 Å². The van der Waals surface area contributed by atoms with Gasteiger partial charge in [-0.05, 0) is 37.4 Å². The van der Waals surface area contributed by atoms with Gasteiger partial charge in [0.05, 0.1) is 17.1 Å². The highest BCUT2D eigenvalue weighted by Gasteiger charge is 2.06. The topological polar surface area (TPSA) is 89.2 Å². The first-order chi connectivity index (χ1) is 13.7. The Morgan fingerprint density at radius 3 is 2.68 bits per heavy atom. The Hall–Kier alpha value is -3.19. The molecule has 7 nitrogen and oxygen atoms in total. The van der Waals surface area contributed by atoms with Gasteiger partial charge in [0.2, 0.25) is 0 Å². The Kier molecular flexibility index (Phi) is 6.75. The van der Waals surface area contributed by atoms with Crippen LogP contribution in [-0.4, -0.2) is 46.1 Å². The fourth-order valence-electron chi connectivity index (χ4n) is 2.81. The van der Waals surface area contributed by atoms with E-state index in [0.29, 0.717) is 18.1 Å². The van der Waals surface area contributed by atoms with Crippen molar-refractivity contribution in [2.45, 2.75) is 13.8 Å². The van der Waals surface area contributed by atoms with E-state index in [2.05, 4.69) is 39.0 Å². The lowest BCUT2D eigenvalue weighted by Gasteiger charge is -2.18. The van der Waals surface area contributed by atoms with Crippen molar-refractivity contribution >= 4 is 17.2 Å². The minimum absolute atomic E-state index is 0.599. The number of nitrogens with one attached hydrogen (secondary N) is 1. The molecule has 0 bridgehead atoms. The number of aromatic nitrogens is 3. The summed E-state index contributed by atoms with van der Waals surface area (Å²) < 4.78 is 5.82. The summed E-state index contributed by atoms with van der Waals surface area (Å²) in [7, 11) is 0. The van der Waals surface area contributed by atoms with Crippen molar-refractivity contribution in [2.75, 3.05) is 37.3 Å². The molecule has 0 spiro atoms. The fraction of sp³-hybridized carbons (Fsp3) is 0.286. The molecule has 0 aliphatic heterocycles. The fourth-order valence-corrected chi connectivity index (χ4v) is 2.81. The summed E-state index contributed by atoms with van der Waals surface area (Å²) in [6.07, 6.45) is 5.02. The SMILES string of the molecule is CCN(CC)CCOc1ccc(Nc2cc(-c3cccnc3)ncn2)c(N)c1. The lowest BCUT2D eigenvalue weighted by atomic mass is 10.2. The summed E-state index contributed by atoms with van der Waals surface area (Å²) in [4.78, 5) is 15.0. The molecule has 1 aromatic carbocycles. The predicted octanol–water partition coefficient (Wildman–Crippen LogP) is 3.59. The third-order valence-corrected chi connectivity index (χ3v) is 4.48. The molecule has 0 fully saturated rings. The Morgan fingerprint density at radius 2 is 1.96 bits per heavy atom. The van der Waals surface area contributed by atoms with Crippen molar-refractivity contribution in [3.63, 3.8) is 0 Å². The van der Waals surface area contributed by atoms with Crippen LogP contribution in [0.4, 0.5) is 17.2 Å². The summed E-state index contributed by atoms with van der Waals surface area (Å²) in [5.74, 6) is 1.42. The molecule has 0 atom stereocenters. The number of nitrogens with zero attached hydrogens (tertiary/aromatic N) is 4. The number of pyridine rings is 1. The average molecular weight is 378 g/mol. The maximum absolute atomic E-state index is 6.20. The molecular weight excluding hydrogens is 352 g/mol. The molecule has 28 heavy (non-hydrogen) atoms. The van der Waals surface area contributed by atoms with Gasteiger partial charge < -0.3 is 20.7 Å². The first-order valence-electron chi connectivity index (χ1n) is 9.43. The molecule has 0 aliphatic rings. The van der Waals surface area contributed by atoms with E-state index in [1.165, 1.54) is 6.33 Å². The monoisotopic (exact) mass is 378 g/mol. The highest BCUT2D eigenvalue weighted by Crippen LogP contribution is 2.27. The number of hydrogen-bond acceptors (Lipinski definition) is 7. The number of nitrogen functional groups attached to an aromatic ring is 1. The maximum Gasteiger partial charge on any atom is 0.134 e. The van der Waals surface area contributed by atoms with E-state index in [9.17, 15) is 0 Å². The number of rotatable bonds is 9. The van der Waals surface area contributed by atoms with Crippen LogP contribution in [0.5, 0.6) is 5.75 Å². The Labute approximate surface area is 165 Å². The lowest BCUT2D eigenvalue weighted by molar-refractivity contribution is 0.223. The number of hydrogen-bond donors (Lipinski definition) is 2. The van der Waals surface area contributed by atoms with Crippen molar-refractivity contribution < 1.29 is 4.74 Å². The van der Waals surface area contributed by atoms with Crippen molar-refractivity contribution in [2.24, 2.45) is 0 Å². The average Bonchev–Trinajstić information content (AvgIpc) is 2.74. The molecule has 0 amide bonds.